The number of aromatic nitrogens is 2. The molecule has 1 aliphatic heterocycles. The summed E-state index contributed by atoms with van der Waals surface area (Å²) in [6.45, 7) is 6.04. The first kappa shape index (κ1) is 35.4. The van der Waals surface area contributed by atoms with E-state index in [1.807, 2.05) is 106 Å². The predicted octanol–water partition coefficient (Wildman–Crippen LogP) is 8.86. The van der Waals surface area contributed by atoms with Crippen molar-refractivity contribution in [2.45, 2.75) is 39.3 Å². The largest absolute Gasteiger partial charge is 0.457 e. The summed E-state index contributed by atoms with van der Waals surface area (Å²) in [5, 5.41) is 1.82. The summed E-state index contributed by atoms with van der Waals surface area (Å²) >= 11 is 0. The SMILES string of the molecule is CCC(C)C(C(=O)NNC(=O)c1cc2cc(Oc3ccccc3)ccc2n1C)N1C(=O)c2ccccc2C1c1c(-c2ccc(C)cc2)n(C)c2ccccc12. The predicted molar refractivity (Wildman–Crippen MR) is 216 cm³/mol. The van der Waals surface area contributed by atoms with Gasteiger partial charge in [-0.25, -0.2) is 0 Å². The number of ether oxygens (including phenoxy) is 1. The highest BCUT2D eigenvalue weighted by molar-refractivity contribution is 6.05. The Morgan fingerprint density at radius 3 is 2.24 bits per heavy atom. The molecule has 0 saturated heterocycles. The van der Waals surface area contributed by atoms with Crippen LogP contribution in [-0.2, 0) is 18.9 Å². The molecule has 8 rings (SSSR count). The van der Waals surface area contributed by atoms with Crippen molar-refractivity contribution in [2.75, 3.05) is 0 Å². The Labute approximate surface area is 320 Å². The summed E-state index contributed by atoms with van der Waals surface area (Å²) in [6, 6.07) is 39.7. The Hall–Kier alpha value is -6.61. The number of aryl methyl sites for hydroxylation is 3. The first-order valence-corrected chi connectivity index (χ1v) is 18.6. The second kappa shape index (κ2) is 14.3. The van der Waals surface area contributed by atoms with E-state index in [9.17, 15) is 14.4 Å². The van der Waals surface area contributed by atoms with Crippen LogP contribution in [0.3, 0.4) is 0 Å². The van der Waals surface area contributed by atoms with Crippen LogP contribution in [0.2, 0.25) is 0 Å². The smallest absolute Gasteiger partial charge is 0.286 e. The van der Waals surface area contributed by atoms with Gasteiger partial charge in [0, 0.05) is 47.0 Å². The molecule has 55 heavy (non-hydrogen) atoms. The van der Waals surface area contributed by atoms with Gasteiger partial charge in [-0.1, -0.05) is 105 Å². The molecule has 2 N–H and O–H groups in total. The topological polar surface area (TPSA) is 97.6 Å². The third-order valence-electron chi connectivity index (χ3n) is 11.0. The van der Waals surface area contributed by atoms with Crippen molar-refractivity contribution in [2.24, 2.45) is 20.0 Å². The fourth-order valence-corrected chi connectivity index (χ4v) is 8.05. The molecular formula is C46H43N5O4. The number of fused-ring (bicyclic) bond motifs is 3. The zero-order valence-corrected chi connectivity index (χ0v) is 31.5. The second-order valence-corrected chi connectivity index (χ2v) is 14.4. The lowest BCUT2D eigenvalue weighted by atomic mass is 9.90. The Morgan fingerprint density at radius 1 is 0.764 bits per heavy atom. The molecule has 3 heterocycles. The van der Waals surface area contributed by atoms with Crippen LogP contribution in [0, 0.1) is 12.8 Å². The number of carbonyl (C=O) groups is 3. The van der Waals surface area contributed by atoms with Crippen LogP contribution in [0.4, 0.5) is 0 Å². The van der Waals surface area contributed by atoms with Crippen LogP contribution in [0.15, 0.2) is 127 Å². The number of hydrazine groups is 1. The van der Waals surface area contributed by atoms with E-state index in [1.165, 1.54) is 0 Å². The molecule has 0 fully saturated rings. The minimum Gasteiger partial charge on any atom is -0.457 e. The minimum absolute atomic E-state index is 0.225. The average molecular weight is 730 g/mol. The highest BCUT2D eigenvalue weighted by Crippen LogP contribution is 2.48. The fourth-order valence-electron chi connectivity index (χ4n) is 8.05. The lowest BCUT2D eigenvalue weighted by Crippen LogP contribution is -2.56. The summed E-state index contributed by atoms with van der Waals surface area (Å²) in [4.78, 5) is 44.7. The molecular weight excluding hydrogens is 687 g/mol. The molecule has 3 amide bonds. The molecule has 0 radical (unpaired) electrons. The Kier molecular flexibility index (Phi) is 9.22. The van der Waals surface area contributed by atoms with E-state index >= 15 is 0 Å². The van der Waals surface area contributed by atoms with E-state index in [-0.39, 0.29) is 11.8 Å². The van der Waals surface area contributed by atoms with Gasteiger partial charge in [0.1, 0.15) is 23.2 Å². The maximum Gasteiger partial charge on any atom is 0.286 e. The Bertz CT molecular complexity index is 2590. The van der Waals surface area contributed by atoms with Crippen molar-refractivity contribution in [3.05, 3.63) is 155 Å². The van der Waals surface area contributed by atoms with E-state index in [0.717, 1.165) is 49.8 Å². The highest BCUT2D eigenvalue weighted by Gasteiger charge is 2.47. The summed E-state index contributed by atoms with van der Waals surface area (Å²) in [7, 11) is 3.85. The van der Waals surface area contributed by atoms with Gasteiger partial charge in [-0.05, 0) is 72.5 Å². The first-order valence-electron chi connectivity index (χ1n) is 18.6. The van der Waals surface area contributed by atoms with Gasteiger partial charge in [0.05, 0.1) is 11.7 Å². The summed E-state index contributed by atoms with van der Waals surface area (Å²) in [5.41, 5.74) is 13.1. The van der Waals surface area contributed by atoms with Gasteiger partial charge in [0.2, 0.25) is 0 Å². The van der Waals surface area contributed by atoms with Crippen molar-refractivity contribution < 1.29 is 19.1 Å². The average Bonchev–Trinajstić information content (AvgIpc) is 3.80. The molecule has 0 bridgehead atoms. The number of hydrogen-bond donors (Lipinski definition) is 2. The van der Waals surface area contributed by atoms with Gasteiger partial charge in [-0.2, -0.15) is 0 Å². The zero-order valence-electron chi connectivity index (χ0n) is 31.5. The number of benzene rings is 5. The van der Waals surface area contributed by atoms with Crippen LogP contribution in [0.1, 0.15) is 63.8 Å². The van der Waals surface area contributed by atoms with Crippen LogP contribution in [0.5, 0.6) is 11.5 Å². The van der Waals surface area contributed by atoms with E-state index in [0.29, 0.717) is 29.2 Å². The molecule has 5 aromatic carbocycles. The van der Waals surface area contributed by atoms with Gasteiger partial charge in [0.15, 0.2) is 0 Å². The van der Waals surface area contributed by atoms with Crippen LogP contribution >= 0.6 is 0 Å². The van der Waals surface area contributed by atoms with Gasteiger partial charge in [-0.3, -0.25) is 25.2 Å². The molecule has 2 aromatic heterocycles. The van der Waals surface area contributed by atoms with E-state index in [1.54, 1.807) is 22.6 Å². The number of hydrogen-bond acceptors (Lipinski definition) is 4. The number of nitrogens with zero attached hydrogens (tertiary/aromatic N) is 3. The summed E-state index contributed by atoms with van der Waals surface area (Å²) < 4.78 is 9.97. The molecule has 9 nitrogen and oxygen atoms in total. The quantitative estimate of drug-likeness (QED) is 0.145. The molecule has 0 aliphatic carbocycles. The molecule has 3 unspecified atom stereocenters. The van der Waals surface area contributed by atoms with E-state index < -0.39 is 23.9 Å². The number of nitrogens with one attached hydrogen (secondary N) is 2. The van der Waals surface area contributed by atoms with Gasteiger partial charge >= 0.3 is 0 Å². The Morgan fingerprint density at radius 2 is 1.47 bits per heavy atom. The molecule has 9 heteroatoms. The zero-order chi connectivity index (χ0) is 38.4. The first-order chi connectivity index (χ1) is 26.7. The molecule has 7 aromatic rings. The highest BCUT2D eigenvalue weighted by atomic mass is 16.5. The van der Waals surface area contributed by atoms with Gasteiger partial charge in [0.25, 0.3) is 17.7 Å². The van der Waals surface area contributed by atoms with E-state index in [4.69, 9.17) is 4.74 Å². The number of amides is 3. The van der Waals surface area contributed by atoms with Gasteiger partial charge < -0.3 is 18.8 Å². The van der Waals surface area contributed by atoms with Crippen molar-refractivity contribution in [3.8, 4) is 22.8 Å². The maximum atomic E-state index is 14.7. The lowest BCUT2D eigenvalue weighted by molar-refractivity contribution is -0.128. The molecule has 3 atom stereocenters. The third kappa shape index (κ3) is 6.21. The molecule has 276 valence electrons. The third-order valence-corrected chi connectivity index (χ3v) is 11.0. The number of para-hydroxylation sites is 2. The van der Waals surface area contributed by atoms with Crippen molar-refractivity contribution in [1.82, 2.24) is 24.9 Å². The summed E-state index contributed by atoms with van der Waals surface area (Å²) in [5.74, 6) is -0.0768. The number of carbonyl (C=O) groups excluding carboxylic acids is 3. The molecule has 0 saturated carbocycles. The van der Waals surface area contributed by atoms with E-state index in [2.05, 4.69) is 58.7 Å². The van der Waals surface area contributed by atoms with Gasteiger partial charge in [-0.15, -0.1) is 0 Å². The monoisotopic (exact) mass is 729 g/mol. The molecule has 1 aliphatic rings. The number of rotatable bonds is 9. The maximum absolute atomic E-state index is 14.7. The fraction of sp³-hybridized carbons (Fsp3) is 0.196. The van der Waals surface area contributed by atoms with Crippen LogP contribution < -0.4 is 15.6 Å². The summed E-state index contributed by atoms with van der Waals surface area (Å²) in [6.07, 6.45) is 0.621. The minimum atomic E-state index is -0.912. The Balaban J connectivity index is 1.14. The second-order valence-electron chi connectivity index (χ2n) is 14.4. The van der Waals surface area contributed by atoms with Crippen molar-refractivity contribution in [1.29, 1.82) is 0 Å². The van der Waals surface area contributed by atoms with Crippen molar-refractivity contribution in [3.63, 3.8) is 0 Å². The standard InChI is InChI=1S/C46H43N5O4/c1-6-29(3)41(45(53)48-47-44(52)39-27-31-26-33(24-25-37(31)49(39)4)55-32-14-8-7-9-15-32)51-43(34-16-10-11-17-35(34)46(51)54)40-36-18-12-13-19-38(36)50(5)42(40)30-22-20-28(2)21-23-30/h7-27,29,41,43H,6H2,1-5H3,(H,47,52)(H,48,53). The normalized spacial score (nSPS) is 14.9. The van der Waals surface area contributed by atoms with Crippen molar-refractivity contribution >= 4 is 39.5 Å². The lowest BCUT2D eigenvalue weighted by Gasteiger charge is -2.36. The van der Waals surface area contributed by atoms with Crippen LogP contribution in [-0.4, -0.2) is 37.8 Å². The molecule has 0 spiro atoms. The van der Waals surface area contributed by atoms with Crippen LogP contribution in [0.25, 0.3) is 33.1 Å².